The van der Waals surface area contributed by atoms with E-state index in [0.717, 1.165) is 0 Å². The van der Waals surface area contributed by atoms with Crippen molar-refractivity contribution in [2.45, 2.75) is 53.1 Å². The minimum absolute atomic E-state index is 0.0624. The normalized spacial score (nSPS) is 12.4. The lowest BCUT2D eigenvalue weighted by molar-refractivity contribution is -0.133. The molecule has 1 aromatic heterocycles. The Hall–Kier alpha value is -1.88. The highest BCUT2D eigenvalue weighted by molar-refractivity contribution is 6.31. The first-order chi connectivity index (χ1) is 11.5. The molecule has 1 heterocycles. The fourth-order valence-electron chi connectivity index (χ4n) is 3.09. The first-order valence-electron chi connectivity index (χ1n) is 8.47. The molecule has 0 bridgehead atoms. The van der Waals surface area contributed by atoms with E-state index in [1.54, 1.807) is 27.7 Å². The summed E-state index contributed by atoms with van der Waals surface area (Å²) in [5, 5.41) is 1.09. The van der Waals surface area contributed by atoms with E-state index < -0.39 is 0 Å². The van der Waals surface area contributed by atoms with Gasteiger partial charge in [-0.05, 0) is 38.5 Å². The zero-order valence-electron chi connectivity index (χ0n) is 14.7. The maximum atomic E-state index is 12.8. The van der Waals surface area contributed by atoms with Crippen molar-refractivity contribution in [1.82, 2.24) is 14.5 Å². The van der Waals surface area contributed by atoms with Crippen LogP contribution >= 0.6 is 11.6 Å². The van der Waals surface area contributed by atoms with Crippen LogP contribution in [-0.4, -0.2) is 26.9 Å². The van der Waals surface area contributed by atoms with Crippen molar-refractivity contribution in [3.63, 3.8) is 0 Å². The summed E-state index contributed by atoms with van der Waals surface area (Å²) < 4.78 is 1.66. The van der Waals surface area contributed by atoms with Gasteiger partial charge in [0, 0.05) is 24.5 Å². The molecule has 1 amide bonds. The van der Waals surface area contributed by atoms with Gasteiger partial charge in [0.1, 0.15) is 5.82 Å². The molecule has 2 aromatic rings. The molecular formula is C18H24ClN3O2. The monoisotopic (exact) mass is 349 g/mol. The average molecular weight is 350 g/mol. The summed E-state index contributed by atoms with van der Waals surface area (Å²) in [5.74, 6) is 0.691. The van der Waals surface area contributed by atoms with Gasteiger partial charge in [-0.2, -0.15) is 0 Å². The first kappa shape index (κ1) is 18.5. The largest absolute Gasteiger partial charge is 0.333 e. The number of rotatable bonds is 6. The summed E-state index contributed by atoms with van der Waals surface area (Å²) in [6.07, 6.45) is 1.12. The van der Waals surface area contributed by atoms with Gasteiger partial charge in [0.15, 0.2) is 0 Å². The van der Waals surface area contributed by atoms with Crippen LogP contribution in [-0.2, 0) is 11.3 Å². The lowest BCUT2D eigenvalue weighted by Gasteiger charge is -2.31. The van der Waals surface area contributed by atoms with E-state index in [2.05, 4.69) is 0 Å². The molecule has 0 saturated carbocycles. The molecule has 0 N–H and O–H groups in total. The minimum Gasteiger partial charge on any atom is -0.333 e. The third-order valence-corrected chi connectivity index (χ3v) is 4.52. The van der Waals surface area contributed by atoms with Crippen LogP contribution in [0.5, 0.6) is 0 Å². The smallest absolute Gasteiger partial charge is 0.261 e. The average Bonchev–Trinajstić information content (AvgIpc) is 2.58. The van der Waals surface area contributed by atoms with Gasteiger partial charge in [-0.1, -0.05) is 25.4 Å². The van der Waals surface area contributed by atoms with Gasteiger partial charge in [-0.25, -0.2) is 4.98 Å². The molecule has 1 aromatic carbocycles. The minimum atomic E-state index is -0.224. The van der Waals surface area contributed by atoms with Crippen molar-refractivity contribution in [2.24, 2.45) is 0 Å². The van der Waals surface area contributed by atoms with Gasteiger partial charge in [-0.3, -0.25) is 14.2 Å². The Bertz CT molecular complexity index is 801. The number of carbonyl (C=O) groups excluding carboxylic acids is 1. The Morgan fingerprint density at radius 2 is 2.00 bits per heavy atom. The molecule has 0 spiro atoms. The summed E-state index contributed by atoms with van der Waals surface area (Å²) in [4.78, 5) is 31.7. The third kappa shape index (κ3) is 3.31. The molecule has 130 valence electrons. The Kier molecular flexibility index (Phi) is 5.99. The second kappa shape index (κ2) is 7.79. The summed E-state index contributed by atoms with van der Waals surface area (Å²) in [5.41, 5.74) is 0.485. The van der Waals surface area contributed by atoms with E-state index in [4.69, 9.17) is 16.6 Å². The van der Waals surface area contributed by atoms with E-state index in [1.165, 1.54) is 0 Å². The van der Waals surface area contributed by atoms with Gasteiger partial charge in [0.2, 0.25) is 5.91 Å². The fraction of sp³-hybridized carbons (Fsp3) is 0.500. The highest BCUT2D eigenvalue weighted by Gasteiger charge is 2.26. The van der Waals surface area contributed by atoms with Crippen LogP contribution < -0.4 is 5.56 Å². The van der Waals surface area contributed by atoms with Crippen molar-refractivity contribution < 1.29 is 4.79 Å². The van der Waals surface area contributed by atoms with Gasteiger partial charge in [0.05, 0.1) is 16.9 Å². The number of amides is 1. The molecule has 6 heteroatoms. The third-order valence-electron chi connectivity index (χ3n) is 4.29. The topological polar surface area (TPSA) is 55.2 Å². The molecule has 0 radical (unpaired) electrons. The van der Waals surface area contributed by atoms with Crippen LogP contribution in [0.4, 0.5) is 0 Å². The molecule has 1 atom stereocenters. The zero-order chi connectivity index (χ0) is 17.9. The van der Waals surface area contributed by atoms with E-state index in [9.17, 15) is 9.59 Å². The standard InChI is InChI=1S/C18H24ClN3O2/c1-5-15(21(7-3)16(23)6-2)17-20-14-11-12(19)9-10-13(14)18(24)22(17)8-4/h9-11,15H,5-8H2,1-4H3. The van der Waals surface area contributed by atoms with Crippen molar-refractivity contribution in [2.75, 3.05) is 6.54 Å². The maximum Gasteiger partial charge on any atom is 0.261 e. The van der Waals surface area contributed by atoms with Gasteiger partial charge >= 0.3 is 0 Å². The van der Waals surface area contributed by atoms with Crippen molar-refractivity contribution in [3.8, 4) is 0 Å². The maximum absolute atomic E-state index is 12.8. The quantitative estimate of drug-likeness (QED) is 0.797. The van der Waals surface area contributed by atoms with Crippen LogP contribution in [0.2, 0.25) is 5.02 Å². The predicted octanol–water partition coefficient (Wildman–Crippen LogP) is 3.78. The Balaban J connectivity index is 2.72. The first-order valence-corrected chi connectivity index (χ1v) is 8.85. The van der Waals surface area contributed by atoms with Crippen LogP contribution in [0.1, 0.15) is 52.4 Å². The summed E-state index contributed by atoms with van der Waals surface area (Å²) in [7, 11) is 0. The second-order valence-corrected chi connectivity index (χ2v) is 6.07. The van der Waals surface area contributed by atoms with Gasteiger partial charge in [0.25, 0.3) is 5.56 Å². The number of hydrogen-bond donors (Lipinski definition) is 0. The Labute approximate surface area is 147 Å². The molecule has 0 aliphatic rings. The highest BCUT2D eigenvalue weighted by Crippen LogP contribution is 2.25. The number of carbonyl (C=O) groups is 1. The molecule has 0 fully saturated rings. The summed E-state index contributed by atoms with van der Waals surface area (Å²) in [6, 6.07) is 4.88. The van der Waals surface area contributed by atoms with Crippen LogP contribution in [0.15, 0.2) is 23.0 Å². The van der Waals surface area contributed by atoms with Gasteiger partial charge < -0.3 is 4.90 Å². The SMILES string of the molecule is CCC(=O)N(CC)C(CC)c1nc2cc(Cl)ccc2c(=O)n1CC. The number of hydrogen-bond acceptors (Lipinski definition) is 3. The number of aromatic nitrogens is 2. The number of fused-ring (bicyclic) bond motifs is 1. The van der Waals surface area contributed by atoms with E-state index >= 15 is 0 Å². The zero-order valence-corrected chi connectivity index (χ0v) is 15.4. The lowest BCUT2D eigenvalue weighted by atomic mass is 10.1. The van der Waals surface area contributed by atoms with Gasteiger partial charge in [-0.15, -0.1) is 0 Å². The van der Waals surface area contributed by atoms with Crippen LogP contribution in [0.3, 0.4) is 0 Å². The van der Waals surface area contributed by atoms with Crippen LogP contribution in [0.25, 0.3) is 10.9 Å². The van der Waals surface area contributed by atoms with Crippen molar-refractivity contribution >= 4 is 28.4 Å². The van der Waals surface area contributed by atoms with E-state index in [1.807, 2.05) is 27.7 Å². The van der Waals surface area contributed by atoms with Crippen molar-refractivity contribution in [1.29, 1.82) is 0 Å². The molecule has 24 heavy (non-hydrogen) atoms. The molecule has 0 aliphatic heterocycles. The molecule has 0 aliphatic carbocycles. The number of benzene rings is 1. The van der Waals surface area contributed by atoms with Crippen LogP contribution in [0, 0.1) is 0 Å². The number of nitrogens with zero attached hydrogens (tertiary/aromatic N) is 3. The number of halogens is 1. The van der Waals surface area contributed by atoms with E-state index in [-0.39, 0.29) is 17.5 Å². The lowest BCUT2D eigenvalue weighted by Crippen LogP contribution is -2.38. The van der Waals surface area contributed by atoms with E-state index in [0.29, 0.717) is 47.7 Å². The second-order valence-electron chi connectivity index (χ2n) is 5.64. The molecule has 1 unspecified atom stereocenters. The molecule has 2 rings (SSSR count). The fourth-order valence-corrected chi connectivity index (χ4v) is 3.25. The molecule has 0 saturated heterocycles. The summed E-state index contributed by atoms with van der Waals surface area (Å²) in [6.45, 7) is 8.80. The summed E-state index contributed by atoms with van der Waals surface area (Å²) >= 11 is 6.06. The highest BCUT2D eigenvalue weighted by atomic mass is 35.5. The van der Waals surface area contributed by atoms with Crippen molar-refractivity contribution in [3.05, 3.63) is 39.4 Å². The predicted molar refractivity (Wildman–Crippen MR) is 97.4 cm³/mol. The Morgan fingerprint density at radius 1 is 1.29 bits per heavy atom. The molecule has 5 nitrogen and oxygen atoms in total. The Morgan fingerprint density at radius 3 is 2.54 bits per heavy atom. The molecular weight excluding hydrogens is 326 g/mol.